The number of halogens is 4. The number of alkyl halides is 4. The highest BCUT2D eigenvalue weighted by molar-refractivity contribution is 5.87. The molecular formula is C114H208F4N22. The minimum absolute atomic E-state index is 0.0130. The van der Waals surface area contributed by atoms with Gasteiger partial charge in [0.25, 0.3) is 11.8 Å². The molecule has 1 aliphatic heterocycles. The Labute approximate surface area is 851 Å². The summed E-state index contributed by atoms with van der Waals surface area (Å²) in [6.45, 7) is 112. The van der Waals surface area contributed by atoms with Crippen molar-refractivity contribution in [3.05, 3.63) is 104 Å². The molecule has 802 valence electrons. The molecule has 0 spiro atoms. The van der Waals surface area contributed by atoms with Gasteiger partial charge in [0.2, 0.25) is 0 Å². The zero-order valence-corrected chi connectivity index (χ0v) is 99.5. The van der Waals surface area contributed by atoms with Crippen molar-refractivity contribution in [3.63, 3.8) is 0 Å². The van der Waals surface area contributed by atoms with Crippen molar-refractivity contribution in [1.82, 2.24) is 106 Å². The van der Waals surface area contributed by atoms with Crippen LogP contribution in [0.2, 0.25) is 0 Å². The SMILES string of the molecule is CC(C)(C)C.CC(C)(C)C.CC(C)(C)C1CCCCc2c(nnn2C(C)(C)C)C1(F)F.CC(C)(C)C1CCCCc2nnn(C(C)(C)C)c2C1(F)F.CC(C)(C)Cn1cc(C(C)(C)C)nn1.CC(C)(C)Cn1nncc1C(C)(C)C.CC(C)(C)c1cn(C(C)(C)C)nn1.CC(C)(C)c1cnnn1C(C)(C)C.CC1=NNC(C(C)(C)C)=C2CCCCCCC12.Cc1nnc(C(C)(C)C)c2c1CCCCCC2. The molecule has 3 atom stereocenters. The van der Waals surface area contributed by atoms with Crippen LogP contribution < -0.4 is 5.43 Å². The number of hydrogen-bond acceptors (Lipinski definition) is 16. The van der Waals surface area contributed by atoms with E-state index in [4.69, 9.17) is 0 Å². The molecular weight excluding hydrogens is 1750 g/mol. The van der Waals surface area contributed by atoms with Gasteiger partial charge < -0.3 is 0 Å². The molecule has 3 unspecified atom stereocenters. The van der Waals surface area contributed by atoms with Crippen LogP contribution in [0.4, 0.5) is 17.6 Å². The zero-order valence-electron chi connectivity index (χ0n) is 99.5. The molecule has 0 aromatic carbocycles. The molecule has 0 amide bonds. The average Bonchev–Trinajstić information content (AvgIpc) is 1.57. The fourth-order valence-corrected chi connectivity index (χ4v) is 17.2. The lowest BCUT2D eigenvalue weighted by molar-refractivity contribution is -0.119. The first-order chi connectivity index (χ1) is 62.7. The van der Waals surface area contributed by atoms with Gasteiger partial charge in [0, 0.05) is 87.1 Å². The zero-order chi connectivity index (χ0) is 109. The molecule has 7 aromatic heterocycles. The predicted octanol–water partition coefficient (Wildman–Crippen LogP) is 31.0. The minimum atomic E-state index is -2.92. The molecule has 1 saturated carbocycles. The van der Waals surface area contributed by atoms with E-state index in [9.17, 15) is 0 Å². The number of nitrogens with one attached hydrogen (secondary N) is 1. The third-order valence-corrected chi connectivity index (χ3v) is 24.3. The van der Waals surface area contributed by atoms with Crippen LogP contribution in [0.25, 0.3) is 0 Å². The molecule has 4 aliphatic carbocycles. The Morgan fingerprint density at radius 3 is 1.20 bits per heavy atom. The van der Waals surface area contributed by atoms with Gasteiger partial charge >= 0.3 is 0 Å². The summed E-state index contributed by atoms with van der Waals surface area (Å²) in [5.41, 5.74) is 19.0. The summed E-state index contributed by atoms with van der Waals surface area (Å²) >= 11 is 0. The summed E-state index contributed by atoms with van der Waals surface area (Å²) in [5.74, 6) is -6.59. The van der Waals surface area contributed by atoms with Gasteiger partial charge in [-0.05, 0) is 230 Å². The third kappa shape index (κ3) is 42.1. The molecule has 8 heterocycles. The van der Waals surface area contributed by atoms with E-state index >= 15 is 17.6 Å². The van der Waals surface area contributed by atoms with E-state index in [0.717, 1.165) is 55.9 Å². The Kier molecular flexibility index (Phi) is 44.4. The highest BCUT2D eigenvalue weighted by Crippen LogP contribution is 2.52. The van der Waals surface area contributed by atoms with Crippen LogP contribution in [0.15, 0.2) is 41.2 Å². The molecule has 140 heavy (non-hydrogen) atoms. The number of hydrazone groups is 1. The number of hydrogen-bond donors (Lipinski definition) is 1. The second kappa shape index (κ2) is 48.9. The summed E-state index contributed by atoms with van der Waals surface area (Å²) < 4.78 is 71.8. The number of allylic oxidation sites excluding steroid dienone is 2. The summed E-state index contributed by atoms with van der Waals surface area (Å²) in [4.78, 5) is 0. The van der Waals surface area contributed by atoms with Crippen LogP contribution in [0.1, 0.15) is 524 Å². The van der Waals surface area contributed by atoms with E-state index in [1.54, 1.807) is 10.3 Å². The van der Waals surface area contributed by atoms with Crippen LogP contribution in [-0.2, 0) is 99.8 Å². The maximum Gasteiger partial charge on any atom is 0.296 e. The number of fused-ring (bicyclic) bond motifs is 4. The quantitative estimate of drug-likeness (QED) is 0.159. The van der Waals surface area contributed by atoms with Crippen molar-refractivity contribution in [2.75, 3.05) is 0 Å². The topological polar surface area (TPSA) is 234 Å². The van der Waals surface area contributed by atoms with Crippen LogP contribution in [-0.4, -0.2) is 106 Å². The number of aromatic nitrogens is 20. The molecule has 22 nitrogen and oxygen atoms in total. The van der Waals surface area contributed by atoms with E-state index < -0.39 is 40.0 Å². The van der Waals surface area contributed by atoms with Crippen molar-refractivity contribution in [2.45, 2.75) is 563 Å². The monoisotopic (exact) mass is 1960 g/mol. The lowest BCUT2D eigenvalue weighted by atomic mass is 9.71. The minimum Gasteiger partial charge on any atom is -0.282 e. The highest BCUT2D eigenvalue weighted by Gasteiger charge is 2.54. The van der Waals surface area contributed by atoms with Crippen LogP contribution in [0.3, 0.4) is 0 Å². The van der Waals surface area contributed by atoms with E-state index in [1.165, 1.54) is 121 Å². The summed E-state index contributed by atoms with van der Waals surface area (Å²) in [6.07, 6.45) is 29.4. The molecule has 0 bridgehead atoms. The van der Waals surface area contributed by atoms with Gasteiger partial charge in [-0.1, -0.05) is 339 Å². The van der Waals surface area contributed by atoms with E-state index in [0.29, 0.717) is 53.8 Å². The largest absolute Gasteiger partial charge is 0.296 e. The lowest BCUT2D eigenvalue weighted by Gasteiger charge is -2.39. The van der Waals surface area contributed by atoms with Crippen LogP contribution in [0.5, 0.6) is 0 Å². The Morgan fingerprint density at radius 1 is 0.357 bits per heavy atom. The first-order valence-electron chi connectivity index (χ1n) is 52.9. The van der Waals surface area contributed by atoms with Crippen molar-refractivity contribution in [3.8, 4) is 0 Å². The second-order valence-electron chi connectivity index (χ2n) is 58.4. The lowest BCUT2D eigenvalue weighted by Crippen LogP contribution is -2.41. The van der Waals surface area contributed by atoms with Crippen LogP contribution >= 0.6 is 0 Å². The summed E-state index contributed by atoms with van der Waals surface area (Å²) in [5, 5.41) is 62.3. The maximum atomic E-state index is 15.3. The van der Waals surface area contributed by atoms with Crippen molar-refractivity contribution < 1.29 is 17.6 Å². The van der Waals surface area contributed by atoms with Gasteiger partial charge in [-0.2, -0.15) is 32.9 Å². The van der Waals surface area contributed by atoms with Gasteiger partial charge in [0.15, 0.2) is 5.69 Å². The van der Waals surface area contributed by atoms with Gasteiger partial charge in [0.1, 0.15) is 5.69 Å². The third-order valence-electron chi connectivity index (χ3n) is 24.3. The fourth-order valence-electron chi connectivity index (χ4n) is 17.2. The second-order valence-corrected chi connectivity index (χ2v) is 58.4. The average molecular weight is 1960 g/mol. The number of rotatable bonds is 2. The highest BCUT2D eigenvalue weighted by atomic mass is 19.3. The molecule has 1 fully saturated rings. The molecule has 0 radical (unpaired) electrons. The smallest absolute Gasteiger partial charge is 0.282 e. The number of nitrogens with zero attached hydrogens (tertiary/aromatic N) is 21. The van der Waals surface area contributed by atoms with Crippen molar-refractivity contribution in [2.24, 2.45) is 60.8 Å². The molecule has 0 saturated heterocycles. The summed E-state index contributed by atoms with van der Waals surface area (Å²) in [6, 6.07) is 0. The van der Waals surface area contributed by atoms with Crippen LogP contribution in [0, 0.1) is 62.6 Å². The van der Waals surface area contributed by atoms with Gasteiger partial charge in [-0.25, -0.2) is 23.4 Å². The van der Waals surface area contributed by atoms with Crippen molar-refractivity contribution in [1.29, 1.82) is 0 Å². The maximum absolute atomic E-state index is 15.3. The molecule has 1 N–H and O–H groups in total. The number of aryl methyl sites for hydroxylation is 2. The fraction of sp³-hybridized carbons (Fsp3) is 0.833. The standard InChI is InChI=1S/2C16H27F2N3.C15H26N2.C15H24N2.2C11H21N3.2C10H19N3.2C5H12/c1-14(2,3)12-10-8-7-9-11-13(16(12,17)18)19-20-21(11)15(4,5)6;1-14(2,3)12-10-8-7-9-11-13(16(12,17)18)21(20-19-11)15(4,5)6;2*1-11-12-9-7-5-6-8-10-13(12)14(17-16-11)15(2,3)4;1-10(2,3)8-14-7-9(12-13-14)11(4,5)6;1-10(2,3)8-14-9(7-12-13-14)11(4,5)6;1-9(2,3)8-7-13(12-11-8)10(4,5)6;1-9(2,3)8-7-11-12-13(8)10(4,5)6;2*1-5(2,3)4/h2*12H,7-10H2,1-6H3;12,17H,5-10H2,1-4H3;5-10H2,1-4H3;2*7H,8H2,1-6H3;2*7H,1-6H3;2*1-4H3. The Hall–Kier alpha value is -7.15. The predicted molar refractivity (Wildman–Crippen MR) is 578 cm³/mol. The molecule has 12 rings (SSSR count). The van der Waals surface area contributed by atoms with Gasteiger partial charge in [-0.15, -0.1) is 30.6 Å². The van der Waals surface area contributed by atoms with E-state index in [2.05, 4.69) is 360 Å². The Morgan fingerprint density at radius 2 is 0.779 bits per heavy atom. The first-order valence-corrected chi connectivity index (χ1v) is 52.9. The summed E-state index contributed by atoms with van der Waals surface area (Å²) in [7, 11) is 0. The van der Waals surface area contributed by atoms with Gasteiger partial charge in [-0.3, -0.25) is 10.1 Å². The van der Waals surface area contributed by atoms with Gasteiger partial charge in [0.05, 0.1) is 80.1 Å². The molecule has 5 aliphatic rings. The molecule has 26 heteroatoms. The normalized spacial score (nSPS) is 18.3. The first kappa shape index (κ1) is 127. The van der Waals surface area contributed by atoms with E-state index in [1.807, 2.05) is 127 Å². The Bertz CT molecular complexity index is 4830. The Balaban J connectivity index is 0.000000408. The van der Waals surface area contributed by atoms with E-state index in [-0.39, 0.29) is 71.3 Å². The molecule has 7 aromatic rings. The van der Waals surface area contributed by atoms with Crippen molar-refractivity contribution >= 4 is 5.71 Å².